The summed E-state index contributed by atoms with van der Waals surface area (Å²) >= 11 is 0. The lowest BCUT2D eigenvalue weighted by molar-refractivity contribution is -0.134. The summed E-state index contributed by atoms with van der Waals surface area (Å²) in [5.74, 6) is 0.00895. The zero-order valence-electron chi connectivity index (χ0n) is 29.2. The number of para-hydroxylation sites is 1. The Morgan fingerprint density at radius 2 is 1.56 bits per heavy atom. The summed E-state index contributed by atoms with van der Waals surface area (Å²) in [5.41, 5.74) is 6.17. The van der Waals surface area contributed by atoms with Crippen molar-refractivity contribution in [3.05, 3.63) is 77.0 Å². The van der Waals surface area contributed by atoms with Gasteiger partial charge >= 0.3 is 12.1 Å². The molecule has 0 aromatic heterocycles. The first kappa shape index (κ1) is 34.2. The second-order valence-electron chi connectivity index (χ2n) is 14.5. The number of fused-ring (bicyclic) bond motifs is 2. The maximum absolute atomic E-state index is 14.2. The number of aliphatic imine (C=N–C) groups is 1. The largest absolute Gasteiger partial charge is 0.341 e. The van der Waals surface area contributed by atoms with Crippen LogP contribution in [0.25, 0.3) is 0 Å². The topological polar surface area (TPSA) is 113 Å². The van der Waals surface area contributed by atoms with Crippen molar-refractivity contribution in [3.63, 3.8) is 0 Å². The molecule has 5 amide bonds. The molecule has 2 aromatic carbocycles. The summed E-state index contributed by atoms with van der Waals surface area (Å²) in [6, 6.07) is 13.7. The van der Waals surface area contributed by atoms with Crippen LogP contribution < -0.4 is 16.0 Å². The summed E-state index contributed by atoms with van der Waals surface area (Å²) in [5, 5.41) is 9.65. The number of hydrogen-bond donors (Lipinski definition) is 3. The summed E-state index contributed by atoms with van der Waals surface area (Å²) in [4.78, 5) is 54.0. The molecule has 0 radical (unpaired) electrons. The second-order valence-corrected chi connectivity index (χ2v) is 14.5. The molecule has 4 heterocycles. The number of piperidine rings is 2. The summed E-state index contributed by atoms with van der Waals surface area (Å²) in [6.07, 6.45) is 9.86. The molecule has 0 saturated carbocycles. The van der Waals surface area contributed by atoms with Crippen molar-refractivity contribution in [1.82, 2.24) is 35.6 Å². The molecule has 1 atom stereocenters. The van der Waals surface area contributed by atoms with Gasteiger partial charge in [-0.2, -0.15) is 0 Å². The lowest BCUT2D eigenvalue weighted by atomic mass is 9.89. The van der Waals surface area contributed by atoms with E-state index in [1.165, 1.54) is 24.0 Å². The van der Waals surface area contributed by atoms with Gasteiger partial charge in [0.05, 0.1) is 17.6 Å². The van der Waals surface area contributed by atoms with Gasteiger partial charge in [0.15, 0.2) is 0 Å². The molecule has 0 spiro atoms. The smallest absolute Gasteiger partial charge is 0.322 e. The third kappa shape index (κ3) is 7.89. The Morgan fingerprint density at radius 3 is 2.34 bits per heavy atom. The number of nitrogens with zero attached hydrogens (tertiary/aromatic N) is 5. The van der Waals surface area contributed by atoms with E-state index in [-0.39, 0.29) is 24.0 Å². The highest BCUT2D eigenvalue weighted by Crippen LogP contribution is 2.26. The Kier molecular flexibility index (Phi) is 10.8. The van der Waals surface area contributed by atoms with Gasteiger partial charge in [0.2, 0.25) is 5.91 Å². The number of likely N-dealkylation sites (tertiary alicyclic amines) is 2. The molecule has 4 aliphatic heterocycles. The number of benzene rings is 2. The van der Waals surface area contributed by atoms with Crippen LogP contribution >= 0.6 is 0 Å². The molecular formula is C39H52N8O3. The van der Waals surface area contributed by atoms with Crippen LogP contribution in [0.3, 0.4) is 0 Å². The van der Waals surface area contributed by atoms with Crippen molar-refractivity contribution < 1.29 is 14.4 Å². The Morgan fingerprint density at radius 1 is 0.860 bits per heavy atom. The van der Waals surface area contributed by atoms with Crippen molar-refractivity contribution >= 4 is 29.9 Å². The number of carbonyl (C=O) groups excluding carboxylic acids is 3. The number of piperazine rings is 1. The Bertz CT molecular complexity index is 1590. The van der Waals surface area contributed by atoms with Crippen LogP contribution in [0.5, 0.6) is 0 Å². The lowest BCUT2D eigenvalue weighted by Crippen LogP contribution is -2.58. The normalized spacial score (nSPS) is 21.7. The predicted octanol–water partition coefficient (Wildman–Crippen LogP) is 3.99. The van der Waals surface area contributed by atoms with Crippen LogP contribution in [0.4, 0.5) is 15.3 Å². The Balaban J connectivity index is 0.999. The van der Waals surface area contributed by atoms with Gasteiger partial charge < -0.3 is 25.8 Å². The maximum atomic E-state index is 14.2. The van der Waals surface area contributed by atoms with E-state index < -0.39 is 6.04 Å². The lowest BCUT2D eigenvalue weighted by Gasteiger charge is -2.41. The second kappa shape index (κ2) is 15.8. The number of hydrogen-bond acceptors (Lipinski definition) is 6. The molecule has 11 nitrogen and oxygen atoms in total. The van der Waals surface area contributed by atoms with E-state index in [0.29, 0.717) is 63.7 Å². The van der Waals surface area contributed by atoms with Crippen LogP contribution in [0.15, 0.2) is 59.7 Å². The summed E-state index contributed by atoms with van der Waals surface area (Å²) in [6.45, 7) is 11.1. The number of aryl methyl sites for hydroxylation is 2. The Hall–Kier alpha value is -4.22. The molecule has 5 aliphatic rings. The number of carbonyl (C=O) groups is 3. The van der Waals surface area contributed by atoms with Gasteiger partial charge in [0, 0.05) is 77.4 Å². The molecule has 0 unspecified atom stereocenters. The quantitative estimate of drug-likeness (QED) is 0.428. The molecule has 3 saturated heterocycles. The van der Waals surface area contributed by atoms with E-state index in [1.54, 1.807) is 16.0 Å². The average Bonchev–Trinajstić information content (AvgIpc) is 3.22. The summed E-state index contributed by atoms with van der Waals surface area (Å²) in [7, 11) is 0. The zero-order chi connectivity index (χ0) is 34.5. The van der Waals surface area contributed by atoms with Gasteiger partial charge in [0.1, 0.15) is 6.04 Å². The van der Waals surface area contributed by atoms with Crippen LogP contribution in [0.1, 0.15) is 60.8 Å². The minimum absolute atomic E-state index is 0.00895. The van der Waals surface area contributed by atoms with Crippen LogP contribution in [-0.4, -0.2) is 114 Å². The third-order valence-electron chi connectivity index (χ3n) is 11.3. The van der Waals surface area contributed by atoms with Crippen molar-refractivity contribution in [2.75, 3.05) is 52.4 Å². The highest BCUT2D eigenvalue weighted by Gasteiger charge is 2.35. The molecular weight excluding hydrogens is 628 g/mol. The average molecular weight is 681 g/mol. The van der Waals surface area contributed by atoms with Gasteiger partial charge in [-0.05, 0) is 79.7 Å². The van der Waals surface area contributed by atoms with E-state index in [0.717, 1.165) is 68.7 Å². The summed E-state index contributed by atoms with van der Waals surface area (Å²) < 4.78 is 0. The number of urea groups is 2. The predicted molar refractivity (Wildman–Crippen MR) is 196 cm³/mol. The fourth-order valence-electron chi connectivity index (χ4n) is 8.42. The number of amides is 5. The van der Waals surface area contributed by atoms with Crippen molar-refractivity contribution in [2.24, 2.45) is 4.99 Å². The molecule has 3 fully saturated rings. The molecule has 266 valence electrons. The zero-order valence-corrected chi connectivity index (χ0v) is 29.2. The van der Waals surface area contributed by atoms with E-state index >= 15 is 0 Å². The van der Waals surface area contributed by atoms with E-state index in [2.05, 4.69) is 50.6 Å². The van der Waals surface area contributed by atoms with Gasteiger partial charge in [-0.1, -0.05) is 43.0 Å². The standard InChI is InChI=1S/C39H52N8O3/c1-28-26-41-35-9-5-4-8-32(35)27-42-38(49)47(28)34-14-20-46(21-15-34)39(50)43-36(25-29-10-11-30-6-2-3-7-31(30)24-29)37(48)45-18-12-33(13-19-45)44-22-16-40-17-23-44/h4-5,8-11,24,26,33-34,36,40H,1-3,6-7,12-23,25,27H2,(H,42,49)(H,43,50)/t36-/m1/s1. The van der Waals surface area contributed by atoms with Crippen molar-refractivity contribution in [3.8, 4) is 0 Å². The van der Waals surface area contributed by atoms with Crippen molar-refractivity contribution in [2.45, 2.75) is 82.5 Å². The van der Waals surface area contributed by atoms with Gasteiger partial charge in [-0.25, -0.2) is 9.59 Å². The SMILES string of the molecule is C=C1C=Nc2ccccc2CNC(=O)N1C1CCN(C(=O)N[C@H](Cc2ccc3c(c2)CCCC3)C(=O)N2CCC(N3CCNCC3)CC2)CC1. The van der Waals surface area contributed by atoms with Crippen molar-refractivity contribution in [1.29, 1.82) is 0 Å². The van der Waals surface area contributed by atoms with E-state index in [4.69, 9.17) is 0 Å². The van der Waals surface area contributed by atoms with Gasteiger partial charge in [-0.3, -0.25) is 19.6 Å². The number of rotatable bonds is 6. The number of nitrogens with one attached hydrogen (secondary N) is 3. The first-order valence-electron chi connectivity index (χ1n) is 18.7. The van der Waals surface area contributed by atoms with Crippen LogP contribution in [0, 0.1) is 0 Å². The third-order valence-corrected chi connectivity index (χ3v) is 11.3. The van der Waals surface area contributed by atoms with E-state index in [1.807, 2.05) is 29.2 Å². The minimum atomic E-state index is -0.640. The van der Waals surface area contributed by atoms with E-state index in [9.17, 15) is 14.4 Å². The first-order valence-corrected chi connectivity index (χ1v) is 18.7. The first-order chi connectivity index (χ1) is 24.4. The molecule has 1 aliphatic carbocycles. The van der Waals surface area contributed by atoms with Gasteiger partial charge in [-0.15, -0.1) is 0 Å². The molecule has 7 rings (SSSR count). The molecule has 2 aromatic rings. The monoisotopic (exact) mass is 680 g/mol. The fourth-order valence-corrected chi connectivity index (χ4v) is 8.42. The molecule has 0 bridgehead atoms. The molecule has 11 heteroatoms. The Labute approximate surface area is 296 Å². The minimum Gasteiger partial charge on any atom is -0.341 e. The van der Waals surface area contributed by atoms with Crippen LogP contribution in [0.2, 0.25) is 0 Å². The fraction of sp³-hybridized carbons (Fsp3) is 0.538. The van der Waals surface area contributed by atoms with Gasteiger partial charge in [0.25, 0.3) is 0 Å². The molecule has 3 N–H and O–H groups in total. The maximum Gasteiger partial charge on any atom is 0.322 e. The highest BCUT2D eigenvalue weighted by atomic mass is 16.2. The van der Waals surface area contributed by atoms with Crippen LogP contribution in [-0.2, 0) is 30.6 Å². The highest BCUT2D eigenvalue weighted by molar-refractivity contribution is 5.89. The number of allylic oxidation sites excluding steroid dienone is 1. The molecule has 50 heavy (non-hydrogen) atoms.